The van der Waals surface area contributed by atoms with Crippen molar-refractivity contribution in [1.29, 1.82) is 0 Å². The molecule has 1 aromatic rings. The van der Waals surface area contributed by atoms with Crippen LogP contribution in [0.25, 0.3) is 0 Å². The molecule has 2 rings (SSSR count). The van der Waals surface area contributed by atoms with Crippen LogP contribution in [0.5, 0.6) is 0 Å². The Balaban J connectivity index is 2.12. The molecule has 0 aromatic carbocycles. The smallest absolute Gasteiger partial charge is 0.349 e. The van der Waals surface area contributed by atoms with E-state index in [0.29, 0.717) is 17.0 Å². The van der Waals surface area contributed by atoms with Crippen LogP contribution in [0.2, 0.25) is 0 Å². The zero-order valence-corrected chi connectivity index (χ0v) is 12.0. The third-order valence-corrected chi connectivity index (χ3v) is 4.55. The Bertz CT molecular complexity index is 423. The van der Waals surface area contributed by atoms with Gasteiger partial charge in [-0.3, -0.25) is 4.90 Å². The van der Waals surface area contributed by atoms with Crippen molar-refractivity contribution in [1.82, 2.24) is 9.88 Å². The Labute approximate surface area is 111 Å². The van der Waals surface area contributed by atoms with Crippen LogP contribution in [-0.4, -0.2) is 55.2 Å². The summed E-state index contributed by atoms with van der Waals surface area (Å²) < 4.78 is 4.70. The van der Waals surface area contributed by atoms with Crippen molar-refractivity contribution in [2.45, 2.75) is 25.9 Å². The molecule has 2 atom stereocenters. The van der Waals surface area contributed by atoms with Gasteiger partial charge in [0, 0.05) is 25.2 Å². The molecule has 0 spiro atoms. The van der Waals surface area contributed by atoms with Crippen molar-refractivity contribution in [3.63, 3.8) is 0 Å². The summed E-state index contributed by atoms with van der Waals surface area (Å²) in [6, 6.07) is 0.971. The van der Waals surface area contributed by atoms with E-state index in [1.807, 2.05) is 0 Å². The number of nitrogens with zero attached hydrogens (tertiary/aromatic N) is 3. The Morgan fingerprint density at radius 1 is 1.44 bits per heavy atom. The highest BCUT2D eigenvalue weighted by atomic mass is 32.1. The second-order valence-corrected chi connectivity index (χ2v) is 5.78. The quantitative estimate of drug-likeness (QED) is 0.761. The molecule has 1 fully saturated rings. The van der Waals surface area contributed by atoms with E-state index >= 15 is 0 Å². The van der Waals surface area contributed by atoms with Gasteiger partial charge in [-0.15, -0.1) is 0 Å². The summed E-state index contributed by atoms with van der Waals surface area (Å²) in [5, 5.41) is 0.905. The van der Waals surface area contributed by atoms with Crippen LogP contribution < -0.4 is 4.90 Å². The van der Waals surface area contributed by atoms with Crippen molar-refractivity contribution in [2.24, 2.45) is 0 Å². The minimum atomic E-state index is -0.311. The number of esters is 1. The molecule has 0 aliphatic carbocycles. The van der Waals surface area contributed by atoms with Crippen LogP contribution >= 0.6 is 11.3 Å². The monoisotopic (exact) mass is 269 g/mol. The second kappa shape index (κ2) is 5.24. The maximum absolute atomic E-state index is 11.4. The van der Waals surface area contributed by atoms with Gasteiger partial charge in [0.15, 0.2) is 5.13 Å². The standard InChI is InChI=1S/C12H19N3O2S/c1-8-6-15(7-9(2)14(8)3)12-13-5-10(18-12)11(16)17-4/h5,8-9H,6-7H2,1-4H3. The zero-order valence-electron chi connectivity index (χ0n) is 11.2. The van der Waals surface area contributed by atoms with Crippen LogP contribution in [0.15, 0.2) is 6.20 Å². The number of ether oxygens (including phenoxy) is 1. The largest absolute Gasteiger partial charge is 0.465 e. The number of likely N-dealkylation sites (N-methyl/N-ethyl adjacent to an activating group) is 1. The second-order valence-electron chi connectivity index (χ2n) is 4.77. The molecule has 5 nitrogen and oxygen atoms in total. The van der Waals surface area contributed by atoms with E-state index in [-0.39, 0.29) is 5.97 Å². The van der Waals surface area contributed by atoms with E-state index in [0.717, 1.165) is 18.2 Å². The SMILES string of the molecule is COC(=O)c1cnc(N2CC(C)N(C)C(C)C2)s1. The summed E-state index contributed by atoms with van der Waals surface area (Å²) in [6.07, 6.45) is 1.60. The van der Waals surface area contributed by atoms with Crippen molar-refractivity contribution >= 4 is 22.4 Å². The fraction of sp³-hybridized carbons (Fsp3) is 0.667. The lowest BCUT2D eigenvalue weighted by Gasteiger charge is -2.42. The topological polar surface area (TPSA) is 45.7 Å². The van der Waals surface area contributed by atoms with Crippen molar-refractivity contribution in [3.05, 3.63) is 11.1 Å². The van der Waals surface area contributed by atoms with E-state index in [1.54, 1.807) is 6.20 Å². The zero-order chi connectivity index (χ0) is 13.3. The van der Waals surface area contributed by atoms with Gasteiger partial charge in [0.2, 0.25) is 0 Å². The summed E-state index contributed by atoms with van der Waals surface area (Å²) in [7, 11) is 3.54. The fourth-order valence-electron chi connectivity index (χ4n) is 2.17. The van der Waals surface area contributed by atoms with Gasteiger partial charge in [0.1, 0.15) is 4.88 Å². The number of rotatable bonds is 2. The maximum atomic E-state index is 11.4. The molecule has 2 unspecified atom stereocenters. The summed E-state index contributed by atoms with van der Waals surface area (Å²) in [4.78, 5) is 20.9. The van der Waals surface area contributed by atoms with Crippen LogP contribution in [0.1, 0.15) is 23.5 Å². The van der Waals surface area contributed by atoms with Gasteiger partial charge in [-0.1, -0.05) is 11.3 Å². The van der Waals surface area contributed by atoms with Gasteiger partial charge in [0.05, 0.1) is 13.3 Å². The van der Waals surface area contributed by atoms with Gasteiger partial charge in [0.25, 0.3) is 0 Å². The number of piperazine rings is 1. The Morgan fingerprint density at radius 2 is 2.06 bits per heavy atom. The van der Waals surface area contributed by atoms with Gasteiger partial charge in [-0.05, 0) is 20.9 Å². The van der Waals surface area contributed by atoms with E-state index in [9.17, 15) is 4.79 Å². The molecule has 1 aliphatic heterocycles. The first-order chi connectivity index (χ1) is 8.52. The average molecular weight is 269 g/mol. The van der Waals surface area contributed by atoms with Gasteiger partial charge < -0.3 is 9.64 Å². The molecule has 0 bridgehead atoms. The van der Waals surface area contributed by atoms with Gasteiger partial charge >= 0.3 is 5.97 Å². The lowest BCUT2D eigenvalue weighted by molar-refractivity contribution is 0.0606. The third kappa shape index (κ3) is 2.49. The summed E-state index contributed by atoms with van der Waals surface area (Å²) in [5.74, 6) is -0.311. The molecular weight excluding hydrogens is 250 g/mol. The molecule has 6 heteroatoms. The van der Waals surface area contributed by atoms with Crippen LogP contribution in [0.3, 0.4) is 0 Å². The highest BCUT2D eigenvalue weighted by Gasteiger charge is 2.28. The molecule has 1 aromatic heterocycles. The normalized spacial score (nSPS) is 25.2. The predicted octanol–water partition coefficient (Wildman–Crippen LogP) is 1.46. The molecule has 18 heavy (non-hydrogen) atoms. The minimum Gasteiger partial charge on any atom is -0.465 e. The predicted molar refractivity (Wildman–Crippen MR) is 72.4 cm³/mol. The molecule has 2 heterocycles. The molecular formula is C12H19N3O2S. The molecule has 0 N–H and O–H groups in total. The Morgan fingerprint density at radius 3 is 2.61 bits per heavy atom. The summed E-state index contributed by atoms with van der Waals surface area (Å²) in [6.45, 7) is 6.29. The van der Waals surface area contributed by atoms with Crippen molar-refractivity contribution in [3.8, 4) is 0 Å². The first-order valence-corrected chi connectivity index (χ1v) is 6.85. The van der Waals surface area contributed by atoms with Crippen LogP contribution in [-0.2, 0) is 4.74 Å². The molecule has 100 valence electrons. The van der Waals surface area contributed by atoms with Crippen molar-refractivity contribution in [2.75, 3.05) is 32.1 Å². The number of carbonyl (C=O) groups excluding carboxylic acids is 1. The van der Waals surface area contributed by atoms with E-state index in [2.05, 4.69) is 35.7 Å². The van der Waals surface area contributed by atoms with E-state index < -0.39 is 0 Å². The van der Waals surface area contributed by atoms with Gasteiger partial charge in [-0.25, -0.2) is 9.78 Å². The number of aromatic nitrogens is 1. The van der Waals surface area contributed by atoms with Crippen LogP contribution in [0.4, 0.5) is 5.13 Å². The van der Waals surface area contributed by atoms with Crippen LogP contribution in [0, 0.1) is 0 Å². The highest BCUT2D eigenvalue weighted by Crippen LogP contribution is 2.26. The number of methoxy groups -OCH3 is 1. The molecule has 0 amide bonds. The molecule has 1 aliphatic rings. The number of carbonyl (C=O) groups is 1. The molecule has 0 radical (unpaired) electrons. The molecule has 0 saturated carbocycles. The number of anilines is 1. The summed E-state index contributed by atoms with van der Waals surface area (Å²) in [5.41, 5.74) is 0. The highest BCUT2D eigenvalue weighted by molar-refractivity contribution is 7.17. The lowest BCUT2D eigenvalue weighted by atomic mass is 10.1. The Kier molecular flexibility index (Phi) is 3.87. The first-order valence-electron chi connectivity index (χ1n) is 6.04. The van der Waals surface area contributed by atoms with Crippen molar-refractivity contribution < 1.29 is 9.53 Å². The average Bonchev–Trinajstić information content (AvgIpc) is 2.84. The fourth-order valence-corrected chi connectivity index (χ4v) is 3.02. The molecule has 1 saturated heterocycles. The Hall–Kier alpha value is -1.14. The number of thiazole rings is 1. The first kappa shape index (κ1) is 13.3. The van der Waals surface area contributed by atoms with E-state index in [4.69, 9.17) is 4.74 Å². The number of hydrogen-bond donors (Lipinski definition) is 0. The minimum absolute atomic E-state index is 0.311. The van der Waals surface area contributed by atoms with E-state index in [1.165, 1.54) is 18.4 Å². The lowest BCUT2D eigenvalue weighted by Crippen LogP contribution is -2.55. The maximum Gasteiger partial charge on any atom is 0.349 e. The number of hydrogen-bond acceptors (Lipinski definition) is 6. The summed E-state index contributed by atoms with van der Waals surface area (Å²) >= 11 is 1.40. The van der Waals surface area contributed by atoms with Gasteiger partial charge in [-0.2, -0.15) is 0 Å². The third-order valence-electron chi connectivity index (χ3n) is 3.51.